The largest absolute Gasteiger partial charge is 0.492 e. The standard InChI is InChI=1S/C15H22ClNO/c1-2-18-15-8-7-12(10-14(15)16)5-6-13-4-3-9-17-11-13/h7-8,10,13,17H,2-6,9,11H2,1H3. The summed E-state index contributed by atoms with van der Waals surface area (Å²) in [5.41, 5.74) is 1.31. The van der Waals surface area contributed by atoms with Crippen LogP contribution in [0.3, 0.4) is 0 Å². The summed E-state index contributed by atoms with van der Waals surface area (Å²) in [5.74, 6) is 1.62. The zero-order valence-corrected chi connectivity index (χ0v) is 11.8. The van der Waals surface area contributed by atoms with Gasteiger partial charge in [0.2, 0.25) is 0 Å². The fourth-order valence-corrected chi connectivity index (χ4v) is 2.77. The Balaban J connectivity index is 1.87. The Morgan fingerprint density at radius 2 is 2.33 bits per heavy atom. The van der Waals surface area contributed by atoms with Crippen molar-refractivity contribution in [1.29, 1.82) is 0 Å². The van der Waals surface area contributed by atoms with Gasteiger partial charge in [0.05, 0.1) is 11.6 Å². The minimum absolute atomic E-state index is 0.660. The van der Waals surface area contributed by atoms with Gasteiger partial charge in [-0.05, 0) is 69.3 Å². The van der Waals surface area contributed by atoms with Crippen LogP contribution >= 0.6 is 11.6 Å². The Bertz CT molecular complexity index is 375. The lowest BCUT2D eigenvalue weighted by Crippen LogP contribution is -2.29. The smallest absolute Gasteiger partial charge is 0.137 e. The second kappa shape index (κ2) is 7.01. The predicted molar refractivity (Wildman–Crippen MR) is 76.5 cm³/mol. The van der Waals surface area contributed by atoms with Crippen LogP contribution in [-0.4, -0.2) is 19.7 Å². The Morgan fingerprint density at radius 1 is 1.44 bits per heavy atom. The molecule has 100 valence electrons. The molecule has 2 nitrogen and oxygen atoms in total. The Kier molecular flexibility index (Phi) is 5.33. The molecule has 0 spiro atoms. The average Bonchev–Trinajstić information content (AvgIpc) is 2.41. The molecule has 18 heavy (non-hydrogen) atoms. The molecule has 1 unspecified atom stereocenters. The van der Waals surface area contributed by atoms with E-state index in [1.54, 1.807) is 0 Å². The van der Waals surface area contributed by atoms with Crippen LogP contribution in [0.4, 0.5) is 0 Å². The number of nitrogens with one attached hydrogen (secondary N) is 1. The highest BCUT2D eigenvalue weighted by Crippen LogP contribution is 2.27. The molecule has 0 radical (unpaired) electrons. The van der Waals surface area contributed by atoms with Gasteiger partial charge in [0.1, 0.15) is 5.75 Å². The number of benzene rings is 1. The lowest BCUT2D eigenvalue weighted by molar-refractivity contribution is 0.340. The molecule has 1 fully saturated rings. The van der Waals surface area contributed by atoms with E-state index in [2.05, 4.69) is 11.4 Å². The van der Waals surface area contributed by atoms with E-state index in [1.165, 1.54) is 37.9 Å². The van der Waals surface area contributed by atoms with Crippen molar-refractivity contribution < 1.29 is 4.74 Å². The molecule has 1 aliphatic rings. The van der Waals surface area contributed by atoms with Crippen LogP contribution in [0.25, 0.3) is 0 Å². The lowest BCUT2D eigenvalue weighted by atomic mass is 9.93. The highest BCUT2D eigenvalue weighted by molar-refractivity contribution is 6.32. The van der Waals surface area contributed by atoms with Gasteiger partial charge in [0.15, 0.2) is 0 Å². The quantitative estimate of drug-likeness (QED) is 0.879. The van der Waals surface area contributed by atoms with Crippen LogP contribution < -0.4 is 10.1 Å². The monoisotopic (exact) mass is 267 g/mol. The third kappa shape index (κ3) is 3.89. The molecule has 1 N–H and O–H groups in total. The van der Waals surface area contributed by atoms with Gasteiger partial charge in [-0.3, -0.25) is 0 Å². The van der Waals surface area contributed by atoms with Crippen LogP contribution in [0.15, 0.2) is 18.2 Å². The van der Waals surface area contributed by atoms with Crippen molar-refractivity contribution in [3.05, 3.63) is 28.8 Å². The van der Waals surface area contributed by atoms with Gasteiger partial charge in [0.25, 0.3) is 0 Å². The van der Waals surface area contributed by atoms with Crippen LogP contribution in [0.1, 0.15) is 31.7 Å². The second-order valence-corrected chi connectivity index (χ2v) is 5.36. The minimum Gasteiger partial charge on any atom is -0.492 e. The summed E-state index contributed by atoms with van der Waals surface area (Å²) >= 11 is 6.19. The predicted octanol–water partition coefficient (Wildman–Crippen LogP) is 3.67. The van der Waals surface area contributed by atoms with Gasteiger partial charge in [0, 0.05) is 0 Å². The summed E-state index contributed by atoms with van der Waals surface area (Å²) in [4.78, 5) is 0. The van der Waals surface area contributed by atoms with Crippen LogP contribution in [-0.2, 0) is 6.42 Å². The van der Waals surface area contributed by atoms with E-state index in [1.807, 2.05) is 19.1 Å². The van der Waals surface area contributed by atoms with Crippen molar-refractivity contribution >= 4 is 11.6 Å². The molecule has 0 amide bonds. The van der Waals surface area contributed by atoms with Gasteiger partial charge in [-0.15, -0.1) is 0 Å². The Labute approximate surface area is 115 Å². The van der Waals surface area contributed by atoms with Crippen molar-refractivity contribution in [3.8, 4) is 5.75 Å². The minimum atomic E-state index is 0.660. The zero-order valence-electron chi connectivity index (χ0n) is 11.0. The molecule has 0 bridgehead atoms. The molecule has 2 rings (SSSR count). The Hall–Kier alpha value is -0.730. The first kappa shape index (κ1) is 13.7. The van der Waals surface area contributed by atoms with E-state index >= 15 is 0 Å². The summed E-state index contributed by atoms with van der Waals surface area (Å²) in [6.45, 7) is 4.99. The van der Waals surface area contributed by atoms with Gasteiger partial charge in [-0.1, -0.05) is 17.7 Å². The van der Waals surface area contributed by atoms with E-state index in [9.17, 15) is 0 Å². The van der Waals surface area contributed by atoms with E-state index in [4.69, 9.17) is 16.3 Å². The van der Waals surface area contributed by atoms with Crippen molar-refractivity contribution in [2.24, 2.45) is 5.92 Å². The second-order valence-electron chi connectivity index (χ2n) is 4.95. The van der Waals surface area contributed by atoms with Gasteiger partial charge >= 0.3 is 0 Å². The molecule has 0 aromatic heterocycles. The number of hydrogen-bond donors (Lipinski definition) is 1. The van der Waals surface area contributed by atoms with E-state index in [0.29, 0.717) is 6.61 Å². The number of halogens is 1. The van der Waals surface area contributed by atoms with E-state index < -0.39 is 0 Å². The third-order valence-electron chi connectivity index (χ3n) is 3.54. The summed E-state index contributed by atoms with van der Waals surface area (Å²) < 4.78 is 5.44. The van der Waals surface area contributed by atoms with Crippen molar-refractivity contribution in [3.63, 3.8) is 0 Å². The lowest BCUT2D eigenvalue weighted by Gasteiger charge is -2.22. The summed E-state index contributed by atoms with van der Waals surface area (Å²) in [6, 6.07) is 6.16. The topological polar surface area (TPSA) is 21.3 Å². The summed E-state index contributed by atoms with van der Waals surface area (Å²) in [5, 5.41) is 4.19. The molecule has 1 aliphatic heterocycles. The molecule has 1 aromatic carbocycles. The molecule has 1 atom stereocenters. The summed E-state index contributed by atoms with van der Waals surface area (Å²) in [7, 11) is 0. The first-order valence-corrected chi connectivity index (χ1v) is 7.29. The fraction of sp³-hybridized carbons (Fsp3) is 0.600. The number of ether oxygens (including phenoxy) is 1. The number of hydrogen-bond acceptors (Lipinski definition) is 2. The van der Waals surface area contributed by atoms with Crippen molar-refractivity contribution in [2.45, 2.75) is 32.6 Å². The zero-order chi connectivity index (χ0) is 12.8. The van der Waals surface area contributed by atoms with Crippen molar-refractivity contribution in [1.82, 2.24) is 5.32 Å². The maximum Gasteiger partial charge on any atom is 0.137 e. The molecule has 3 heteroatoms. The molecule has 1 heterocycles. The first-order chi connectivity index (χ1) is 8.79. The van der Waals surface area contributed by atoms with Gasteiger partial charge in [-0.25, -0.2) is 0 Å². The van der Waals surface area contributed by atoms with Crippen LogP contribution in [0, 0.1) is 5.92 Å². The summed E-state index contributed by atoms with van der Waals surface area (Å²) in [6.07, 6.45) is 5.03. The Morgan fingerprint density at radius 3 is 3.00 bits per heavy atom. The van der Waals surface area contributed by atoms with Crippen LogP contribution in [0.2, 0.25) is 5.02 Å². The molecule has 0 aliphatic carbocycles. The van der Waals surface area contributed by atoms with E-state index in [-0.39, 0.29) is 0 Å². The highest BCUT2D eigenvalue weighted by atomic mass is 35.5. The van der Waals surface area contributed by atoms with Gasteiger partial charge in [-0.2, -0.15) is 0 Å². The fourth-order valence-electron chi connectivity index (χ4n) is 2.51. The number of aryl methyl sites for hydroxylation is 1. The molecule has 1 aromatic rings. The number of rotatable bonds is 5. The average molecular weight is 268 g/mol. The number of piperidine rings is 1. The highest BCUT2D eigenvalue weighted by Gasteiger charge is 2.13. The third-order valence-corrected chi connectivity index (χ3v) is 3.83. The molecule has 1 saturated heterocycles. The maximum atomic E-state index is 6.19. The molecule has 0 saturated carbocycles. The maximum absolute atomic E-state index is 6.19. The van der Waals surface area contributed by atoms with E-state index in [0.717, 1.165) is 23.1 Å². The first-order valence-electron chi connectivity index (χ1n) is 6.91. The SMILES string of the molecule is CCOc1ccc(CCC2CCCNC2)cc1Cl. The van der Waals surface area contributed by atoms with Gasteiger partial charge < -0.3 is 10.1 Å². The normalized spacial score (nSPS) is 19.8. The van der Waals surface area contributed by atoms with Crippen molar-refractivity contribution in [2.75, 3.05) is 19.7 Å². The molecular formula is C15H22ClNO. The molecular weight excluding hydrogens is 246 g/mol. The van der Waals surface area contributed by atoms with Crippen LogP contribution in [0.5, 0.6) is 5.75 Å².